The van der Waals surface area contributed by atoms with Crippen LogP contribution >= 0.6 is 0 Å². The van der Waals surface area contributed by atoms with Crippen LogP contribution < -0.4 is 10.1 Å². The summed E-state index contributed by atoms with van der Waals surface area (Å²) in [4.78, 5) is 29.2. The largest absolute Gasteiger partial charge is 0.484 e. The first-order chi connectivity index (χ1) is 14.6. The van der Waals surface area contributed by atoms with Crippen LogP contribution in [0.3, 0.4) is 0 Å². The fourth-order valence-electron chi connectivity index (χ4n) is 3.19. The number of aromatic nitrogens is 2. The van der Waals surface area contributed by atoms with Gasteiger partial charge in [0, 0.05) is 37.3 Å². The predicted octanol–water partition coefficient (Wildman–Crippen LogP) is 2.20. The summed E-state index contributed by atoms with van der Waals surface area (Å²) in [5.74, 6) is 1.04. The number of carbonyl (C=O) groups excluding carboxylic acids is 1. The summed E-state index contributed by atoms with van der Waals surface area (Å²) in [6.07, 6.45) is 0. The van der Waals surface area contributed by atoms with E-state index in [0.717, 1.165) is 0 Å². The minimum absolute atomic E-state index is 0.0193. The van der Waals surface area contributed by atoms with Gasteiger partial charge in [0.15, 0.2) is 6.61 Å². The second-order valence-corrected chi connectivity index (χ2v) is 6.67. The van der Waals surface area contributed by atoms with Gasteiger partial charge in [-0.2, -0.15) is 4.98 Å². The van der Waals surface area contributed by atoms with E-state index in [1.165, 1.54) is 12.1 Å². The molecule has 0 spiro atoms. The average Bonchev–Trinajstić information content (AvgIpc) is 3.28. The Hall–Kier alpha value is -3.79. The maximum atomic E-state index is 12.8. The lowest BCUT2D eigenvalue weighted by Gasteiger charge is -2.33. The van der Waals surface area contributed by atoms with Gasteiger partial charge in [-0.05, 0) is 24.3 Å². The molecule has 0 saturated carbocycles. The molecule has 1 aromatic heterocycles. The maximum Gasteiger partial charge on any atom is 0.269 e. The van der Waals surface area contributed by atoms with Crippen molar-refractivity contribution in [2.45, 2.75) is 6.04 Å². The molecule has 1 unspecified atom stereocenters. The van der Waals surface area contributed by atoms with Crippen LogP contribution in [0.5, 0.6) is 5.75 Å². The van der Waals surface area contributed by atoms with Crippen LogP contribution in [0.15, 0.2) is 59.1 Å². The third kappa shape index (κ3) is 4.28. The molecule has 0 bridgehead atoms. The van der Waals surface area contributed by atoms with Crippen molar-refractivity contribution < 1.29 is 19.0 Å². The Balaban J connectivity index is 1.47. The number of hydrogen-bond donors (Lipinski definition) is 1. The number of ether oxygens (including phenoxy) is 1. The first kappa shape index (κ1) is 19.5. The molecule has 1 aliphatic rings. The molecule has 0 radical (unpaired) electrons. The second kappa shape index (κ2) is 8.70. The standard InChI is InChI=1S/C20H19N5O5/c26-18(13-29-16-4-2-1-3-5-16)24-11-10-21-12-17(24)20-22-19(23-30-20)14-6-8-15(9-7-14)25(27)28/h1-9,17,21H,10-13H2. The number of benzene rings is 2. The average molecular weight is 409 g/mol. The van der Waals surface area contributed by atoms with Gasteiger partial charge in [0.25, 0.3) is 17.5 Å². The zero-order valence-electron chi connectivity index (χ0n) is 15.9. The van der Waals surface area contributed by atoms with Crippen LogP contribution in [0.25, 0.3) is 11.4 Å². The van der Waals surface area contributed by atoms with Crippen LogP contribution in [0.4, 0.5) is 5.69 Å². The molecule has 10 heteroatoms. The number of para-hydroxylation sites is 1. The summed E-state index contributed by atoms with van der Waals surface area (Å²) < 4.78 is 11.0. The van der Waals surface area contributed by atoms with Crippen molar-refractivity contribution in [2.24, 2.45) is 0 Å². The van der Waals surface area contributed by atoms with Crippen molar-refractivity contribution in [2.75, 3.05) is 26.2 Å². The van der Waals surface area contributed by atoms with Gasteiger partial charge in [-0.3, -0.25) is 14.9 Å². The highest BCUT2D eigenvalue weighted by molar-refractivity contribution is 5.78. The molecule has 4 rings (SSSR count). The van der Waals surface area contributed by atoms with Gasteiger partial charge in [-0.1, -0.05) is 23.4 Å². The minimum atomic E-state index is -0.472. The highest BCUT2D eigenvalue weighted by Crippen LogP contribution is 2.25. The molecule has 1 saturated heterocycles. The van der Waals surface area contributed by atoms with Gasteiger partial charge in [0.1, 0.15) is 11.8 Å². The fraction of sp³-hybridized carbons (Fsp3) is 0.250. The number of nitrogens with zero attached hydrogens (tertiary/aromatic N) is 4. The van der Waals surface area contributed by atoms with E-state index >= 15 is 0 Å². The smallest absolute Gasteiger partial charge is 0.269 e. The number of amides is 1. The first-order valence-electron chi connectivity index (χ1n) is 9.38. The first-order valence-corrected chi connectivity index (χ1v) is 9.38. The topological polar surface area (TPSA) is 124 Å². The molecule has 30 heavy (non-hydrogen) atoms. The SMILES string of the molecule is O=C(COc1ccccc1)N1CCNCC1c1nc(-c2ccc([N+](=O)[O-])cc2)no1. The number of hydrogen-bond acceptors (Lipinski definition) is 8. The molecule has 154 valence electrons. The monoisotopic (exact) mass is 409 g/mol. The Kier molecular flexibility index (Phi) is 5.66. The number of carbonyl (C=O) groups is 1. The van der Waals surface area contributed by atoms with Gasteiger partial charge in [0.05, 0.1) is 4.92 Å². The number of rotatable bonds is 6. The van der Waals surface area contributed by atoms with E-state index in [4.69, 9.17) is 9.26 Å². The van der Waals surface area contributed by atoms with Crippen molar-refractivity contribution in [3.8, 4) is 17.1 Å². The highest BCUT2D eigenvalue weighted by Gasteiger charge is 2.32. The van der Waals surface area contributed by atoms with Gasteiger partial charge in [0.2, 0.25) is 5.82 Å². The van der Waals surface area contributed by atoms with Crippen molar-refractivity contribution in [3.63, 3.8) is 0 Å². The van der Waals surface area contributed by atoms with Crippen molar-refractivity contribution in [1.82, 2.24) is 20.4 Å². The molecule has 1 aliphatic heterocycles. The molecule has 2 heterocycles. The van der Waals surface area contributed by atoms with E-state index in [1.807, 2.05) is 18.2 Å². The lowest BCUT2D eigenvalue weighted by Crippen LogP contribution is -2.50. The second-order valence-electron chi connectivity index (χ2n) is 6.67. The Morgan fingerprint density at radius 2 is 2.00 bits per heavy atom. The summed E-state index contributed by atoms with van der Waals surface area (Å²) in [5.41, 5.74) is 0.568. The van der Waals surface area contributed by atoms with Gasteiger partial charge in [-0.25, -0.2) is 0 Å². The molecular weight excluding hydrogens is 390 g/mol. The summed E-state index contributed by atoms with van der Waals surface area (Å²) in [7, 11) is 0. The summed E-state index contributed by atoms with van der Waals surface area (Å²) >= 11 is 0. The lowest BCUT2D eigenvalue weighted by molar-refractivity contribution is -0.384. The third-order valence-electron chi connectivity index (χ3n) is 4.73. The highest BCUT2D eigenvalue weighted by atomic mass is 16.6. The van der Waals surface area contributed by atoms with E-state index in [0.29, 0.717) is 42.7 Å². The number of non-ortho nitro benzene ring substituents is 1. The van der Waals surface area contributed by atoms with Crippen LogP contribution in [0.2, 0.25) is 0 Å². The van der Waals surface area contributed by atoms with Crippen LogP contribution in [0.1, 0.15) is 11.9 Å². The number of nitro groups is 1. The van der Waals surface area contributed by atoms with Crippen LogP contribution in [-0.4, -0.2) is 52.1 Å². The summed E-state index contributed by atoms with van der Waals surface area (Å²) in [6.45, 7) is 1.51. The predicted molar refractivity (Wildman–Crippen MR) is 106 cm³/mol. The quantitative estimate of drug-likeness (QED) is 0.485. The molecule has 3 aromatic rings. The van der Waals surface area contributed by atoms with Gasteiger partial charge in [-0.15, -0.1) is 0 Å². The van der Waals surface area contributed by atoms with E-state index in [1.54, 1.807) is 29.2 Å². The van der Waals surface area contributed by atoms with Crippen molar-refractivity contribution >= 4 is 11.6 Å². The Labute approximate surface area is 171 Å². The number of nitro benzene ring substituents is 1. The molecule has 1 amide bonds. The molecule has 2 aromatic carbocycles. The van der Waals surface area contributed by atoms with E-state index < -0.39 is 11.0 Å². The van der Waals surface area contributed by atoms with E-state index in [9.17, 15) is 14.9 Å². The molecule has 0 aliphatic carbocycles. The summed E-state index contributed by atoms with van der Waals surface area (Å²) in [5, 5.41) is 18.0. The number of piperazine rings is 1. The Morgan fingerprint density at radius 1 is 1.23 bits per heavy atom. The third-order valence-corrected chi connectivity index (χ3v) is 4.73. The lowest BCUT2D eigenvalue weighted by atomic mass is 10.1. The summed E-state index contributed by atoms with van der Waals surface area (Å²) in [6, 6.07) is 14.6. The van der Waals surface area contributed by atoms with E-state index in [-0.39, 0.29) is 18.2 Å². The zero-order chi connectivity index (χ0) is 20.9. The molecule has 10 nitrogen and oxygen atoms in total. The maximum absolute atomic E-state index is 12.8. The number of nitrogens with one attached hydrogen (secondary N) is 1. The minimum Gasteiger partial charge on any atom is -0.484 e. The van der Waals surface area contributed by atoms with Crippen molar-refractivity contribution in [1.29, 1.82) is 0 Å². The van der Waals surface area contributed by atoms with Crippen LogP contribution in [0, 0.1) is 10.1 Å². The molecular formula is C20H19N5O5. The molecule has 1 fully saturated rings. The van der Waals surface area contributed by atoms with Gasteiger partial charge >= 0.3 is 0 Å². The van der Waals surface area contributed by atoms with Gasteiger partial charge < -0.3 is 19.5 Å². The zero-order valence-corrected chi connectivity index (χ0v) is 15.9. The Morgan fingerprint density at radius 3 is 2.73 bits per heavy atom. The van der Waals surface area contributed by atoms with Crippen LogP contribution in [-0.2, 0) is 4.79 Å². The molecule has 1 N–H and O–H groups in total. The Bertz CT molecular complexity index is 1020. The normalized spacial score (nSPS) is 16.3. The fourth-order valence-corrected chi connectivity index (χ4v) is 3.19. The molecule has 1 atom stereocenters. The van der Waals surface area contributed by atoms with E-state index in [2.05, 4.69) is 15.5 Å². The van der Waals surface area contributed by atoms with Crippen molar-refractivity contribution in [3.05, 3.63) is 70.6 Å².